The molecule has 1 unspecified atom stereocenters. The summed E-state index contributed by atoms with van der Waals surface area (Å²) in [6.45, 7) is 0.00454. The number of ether oxygens (including phenoxy) is 1. The zero-order chi connectivity index (χ0) is 12.7. The zero-order valence-electron chi connectivity index (χ0n) is 9.35. The fraction of sp³-hybridized carbons (Fsp3) is 0.500. The van der Waals surface area contributed by atoms with Gasteiger partial charge in [-0.2, -0.15) is 4.98 Å². The SMILES string of the molecule is O=c1nc[nH]c2c1ncn2C1CO[C@H](CO)[C@H]1O. The average Bonchev–Trinajstić information content (AvgIpc) is 2.93. The highest BCUT2D eigenvalue weighted by molar-refractivity contribution is 5.68. The number of nitrogens with zero attached hydrogens (tertiary/aromatic N) is 3. The van der Waals surface area contributed by atoms with E-state index in [4.69, 9.17) is 9.84 Å². The number of hydrogen-bond donors (Lipinski definition) is 3. The molecule has 1 saturated heterocycles. The highest BCUT2D eigenvalue weighted by atomic mass is 16.5. The van der Waals surface area contributed by atoms with E-state index in [9.17, 15) is 9.90 Å². The molecule has 3 heterocycles. The molecular formula is C10H12N4O4. The molecule has 3 rings (SSSR count). The lowest BCUT2D eigenvalue weighted by molar-refractivity contribution is 0.00206. The number of rotatable bonds is 2. The van der Waals surface area contributed by atoms with E-state index in [1.165, 1.54) is 12.7 Å². The van der Waals surface area contributed by atoms with E-state index < -0.39 is 17.8 Å². The maximum absolute atomic E-state index is 11.5. The number of aromatic amines is 1. The zero-order valence-corrected chi connectivity index (χ0v) is 9.35. The maximum atomic E-state index is 11.5. The third-order valence-corrected chi connectivity index (χ3v) is 3.17. The van der Waals surface area contributed by atoms with Gasteiger partial charge in [0.1, 0.15) is 17.9 Å². The number of fused-ring (bicyclic) bond motifs is 1. The number of aromatic nitrogens is 4. The Morgan fingerprint density at radius 2 is 2.39 bits per heavy atom. The fourth-order valence-corrected chi connectivity index (χ4v) is 2.20. The first-order chi connectivity index (χ1) is 8.72. The molecule has 2 aromatic heterocycles. The molecule has 1 fully saturated rings. The topological polar surface area (TPSA) is 113 Å². The van der Waals surface area contributed by atoms with Gasteiger partial charge in [0, 0.05) is 0 Å². The fourth-order valence-electron chi connectivity index (χ4n) is 2.20. The summed E-state index contributed by atoms with van der Waals surface area (Å²) in [6, 6.07) is -0.384. The standard InChI is InChI=1S/C10H12N4O4/c15-1-6-8(16)5(2-18-6)14-4-13-7-9(14)11-3-12-10(7)17/h3-6,8,15-16H,1-2H2,(H,11,12,17)/t5?,6-,8+/m1/s1. The molecule has 0 aliphatic carbocycles. The summed E-state index contributed by atoms with van der Waals surface area (Å²) >= 11 is 0. The van der Waals surface area contributed by atoms with E-state index >= 15 is 0 Å². The van der Waals surface area contributed by atoms with Gasteiger partial charge >= 0.3 is 5.56 Å². The van der Waals surface area contributed by atoms with Crippen molar-refractivity contribution in [3.63, 3.8) is 0 Å². The lowest BCUT2D eigenvalue weighted by Crippen LogP contribution is -2.30. The van der Waals surface area contributed by atoms with Crippen LogP contribution in [0.15, 0.2) is 17.4 Å². The molecule has 1 aliphatic rings. The van der Waals surface area contributed by atoms with Crippen molar-refractivity contribution in [3.05, 3.63) is 23.0 Å². The van der Waals surface area contributed by atoms with Gasteiger partial charge in [-0.1, -0.05) is 0 Å². The third-order valence-electron chi connectivity index (χ3n) is 3.17. The Morgan fingerprint density at radius 3 is 3.11 bits per heavy atom. The van der Waals surface area contributed by atoms with Crippen LogP contribution in [-0.2, 0) is 4.74 Å². The lowest BCUT2D eigenvalue weighted by Gasteiger charge is -2.17. The summed E-state index contributed by atoms with van der Waals surface area (Å²) in [6.07, 6.45) is 1.29. The first-order valence-corrected chi connectivity index (χ1v) is 5.53. The second kappa shape index (κ2) is 4.16. The highest BCUT2D eigenvalue weighted by Crippen LogP contribution is 2.26. The highest BCUT2D eigenvalue weighted by Gasteiger charge is 2.37. The van der Waals surface area contributed by atoms with Crippen LogP contribution in [0, 0.1) is 0 Å². The Bertz CT molecular complexity index is 622. The summed E-state index contributed by atoms with van der Waals surface area (Å²) < 4.78 is 6.91. The van der Waals surface area contributed by atoms with Gasteiger partial charge in [-0.15, -0.1) is 0 Å². The van der Waals surface area contributed by atoms with Crippen LogP contribution in [0.4, 0.5) is 0 Å². The Morgan fingerprint density at radius 1 is 1.56 bits per heavy atom. The van der Waals surface area contributed by atoms with Crippen LogP contribution in [0.5, 0.6) is 0 Å². The molecule has 1 aliphatic heterocycles. The molecule has 0 bridgehead atoms. The average molecular weight is 252 g/mol. The quantitative estimate of drug-likeness (QED) is 0.594. The molecule has 0 aromatic carbocycles. The van der Waals surface area contributed by atoms with Crippen LogP contribution in [-0.4, -0.2) is 55.2 Å². The summed E-state index contributed by atoms with van der Waals surface area (Å²) in [7, 11) is 0. The molecule has 0 spiro atoms. The second-order valence-electron chi connectivity index (χ2n) is 4.17. The largest absolute Gasteiger partial charge is 0.394 e. The molecule has 3 N–H and O–H groups in total. The van der Waals surface area contributed by atoms with E-state index in [1.54, 1.807) is 4.57 Å². The van der Waals surface area contributed by atoms with Crippen molar-refractivity contribution in [2.24, 2.45) is 0 Å². The molecule has 2 aromatic rings. The van der Waals surface area contributed by atoms with Crippen molar-refractivity contribution in [2.75, 3.05) is 13.2 Å². The van der Waals surface area contributed by atoms with Crippen LogP contribution >= 0.6 is 0 Å². The van der Waals surface area contributed by atoms with Crippen molar-refractivity contribution in [3.8, 4) is 0 Å². The molecule has 0 radical (unpaired) electrons. The van der Waals surface area contributed by atoms with Crippen molar-refractivity contribution in [2.45, 2.75) is 18.2 Å². The predicted octanol–water partition coefficient (Wildman–Crippen LogP) is -1.59. The van der Waals surface area contributed by atoms with Crippen molar-refractivity contribution in [1.82, 2.24) is 19.5 Å². The van der Waals surface area contributed by atoms with Crippen molar-refractivity contribution < 1.29 is 14.9 Å². The van der Waals surface area contributed by atoms with Gasteiger partial charge in [0.15, 0.2) is 5.52 Å². The predicted molar refractivity (Wildman–Crippen MR) is 60.0 cm³/mol. The van der Waals surface area contributed by atoms with E-state index in [0.29, 0.717) is 5.65 Å². The normalized spacial score (nSPS) is 28.0. The summed E-state index contributed by atoms with van der Waals surface area (Å²) in [5.41, 5.74) is 0.285. The van der Waals surface area contributed by atoms with Crippen LogP contribution < -0.4 is 5.56 Å². The molecule has 8 heteroatoms. The minimum Gasteiger partial charge on any atom is -0.394 e. The smallest absolute Gasteiger partial charge is 0.300 e. The van der Waals surface area contributed by atoms with Crippen LogP contribution in [0.25, 0.3) is 11.2 Å². The maximum Gasteiger partial charge on any atom is 0.300 e. The Balaban J connectivity index is 2.06. The van der Waals surface area contributed by atoms with Crippen LogP contribution in [0.2, 0.25) is 0 Å². The number of hydrogen-bond acceptors (Lipinski definition) is 6. The minimum absolute atomic E-state index is 0.220. The number of aliphatic hydroxyl groups excluding tert-OH is 2. The van der Waals surface area contributed by atoms with Gasteiger partial charge in [0.25, 0.3) is 0 Å². The van der Waals surface area contributed by atoms with Crippen molar-refractivity contribution >= 4 is 11.2 Å². The Labute approximate surface area is 101 Å². The Hall–Kier alpha value is -1.77. The molecule has 96 valence electrons. The molecule has 0 amide bonds. The molecule has 8 nitrogen and oxygen atoms in total. The molecular weight excluding hydrogens is 240 g/mol. The van der Waals surface area contributed by atoms with Gasteiger partial charge in [0.2, 0.25) is 0 Å². The van der Waals surface area contributed by atoms with Crippen LogP contribution in [0.3, 0.4) is 0 Å². The number of nitrogens with one attached hydrogen (secondary N) is 1. The summed E-state index contributed by atoms with van der Waals surface area (Å²) in [4.78, 5) is 21.9. The monoisotopic (exact) mass is 252 g/mol. The van der Waals surface area contributed by atoms with E-state index in [0.717, 1.165) is 0 Å². The molecule has 0 saturated carbocycles. The summed E-state index contributed by atoms with van der Waals surface area (Å²) in [5, 5.41) is 19.0. The number of aliphatic hydroxyl groups is 2. The molecule has 3 atom stereocenters. The summed E-state index contributed by atoms with van der Waals surface area (Å²) in [5.74, 6) is 0. The van der Waals surface area contributed by atoms with Gasteiger partial charge in [-0.3, -0.25) is 4.79 Å². The van der Waals surface area contributed by atoms with Crippen molar-refractivity contribution in [1.29, 1.82) is 0 Å². The minimum atomic E-state index is -0.843. The number of H-pyrrole nitrogens is 1. The van der Waals surface area contributed by atoms with Crippen LogP contribution in [0.1, 0.15) is 6.04 Å². The van der Waals surface area contributed by atoms with E-state index in [2.05, 4.69) is 15.0 Å². The Kier molecular flexibility index (Phi) is 2.62. The van der Waals surface area contributed by atoms with Gasteiger partial charge in [0.05, 0.1) is 31.9 Å². The second-order valence-corrected chi connectivity index (χ2v) is 4.17. The lowest BCUT2D eigenvalue weighted by atomic mass is 10.1. The van der Waals surface area contributed by atoms with Gasteiger partial charge < -0.3 is 24.5 Å². The third kappa shape index (κ3) is 1.54. The van der Waals surface area contributed by atoms with Gasteiger partial charge in [-0.25, -0.2) is 4.98 Å². The van der Waals surface area contributed by atoms with E-state index in [-0.39, 0.29) is 24.8 Å². The van der Waals surface area contributed by atoms with Gasteiger partial charge in [-0.05, 0) is 0 Å². The first-order valence-electron chi connectivity index (χ1n) is 5.53. The number of imidazole rings is 1. The van der Waals surface area contributed by atoms with E-state index in [1.807, 2.05) is 0 Å². The molecule has 18 heavy (non-hydrogen) atoms. The first kappa shape index (κ1) is 11.3.